The van der Waals surface area contributed by atoms with Crippen LogP contribution in [0.2, 0.25) is 0 Å². The average Bonchev–Trinajstić information content (AvgIpc) is 3.05. The summed E-state index contributed by atoms with van der Waals surface area (Å²) < 4.78 is 9.51. The van der Waals surface area contributed by atoms with Crippen molar-refractivity contribution < 1.29 is 23.9 Å². The number of methoxy groups -OCH3 is 1. The number of nitrogens with zero attached hydrogens (tertiary/aromatic N) is 1. The smallest absolute Gasteiger partial charge is 0.316 e. The van der Waals surface area contributed by atoms with Crippen LogP contribution in [0.1, 0.15) is 11.3 Å². The first-order chi connectivity index (χ1) is 12.5. The highest BCUT2D eigenvalue weighted by atomic mass is 32.2. The lowest BCUT2D eigenvalue weighted by Crippen LogP contribution is -2.21. The molecule has 1 aromatic heterocycles. The van der Waals surface area contributed by atoms with Gasteiger partial charge in [0.25, 0.3) is 5.91 Å². The number of aromatic nitrogens is 1. The third-order valence-corrected chi connectivity index (χ3v) is 5.11. The van der Waals surface area contributed by atoms with Gasteiger partial charge in [0, 0.05) is 10.3 Å². The number of anilines is 1. The van der Waals surface area contributed by atoms with Crippen molar-refractivity contribution in [2.75, 3.05) is 24.8 Å². The second-order valence-electron chi connectivity index (χ2n) is 5.16. The topological polar surface area (TPSA) is 94.6 Å². The number of rotatable bonds is 8. The van der Waals surface area contributed by atoms with Crippen LogP contribution in [0, 0.1) is 6.92 Å². The Bertz CT molecular complexity index is 791. The number of hydrogen-bond acceptors (Lipinski definition) is 8. The zero-order chi connectivity index (χ0) is 18.9. The standard InChI is InChI=1S/C17H18N2O5S2/c1-11-5-3-4-6-13(11)25-10-16(22)24-8-14(20)19-17-18-12(9-26-17)7-15(21)23-2/h3-6,9H,7-8,10H2,1-2H3,(H,18,19,20). The van der Waals surface area contributed by atoms with Crippen molar-refractivity contribution >= 4 is 46.1 Å². The number of esters is 2. The first kappa shape index (κ1) is 19.9. The second-order valence-corrected chi connectivity index (χ2v) is 7.04. The van der Waals surface area contributed by atoms with Gasteiger partial charge < -0.3 is 9.47 Å². The molecule has 0 saturated heterocycles. The third-order valence-electron chi connectivity index (χ3n) is 3.15. The minimum Gasteiger partial charge on any atom is -0.469 e. The third kappa shape index (κ3) is 6.49. The van der Waals surface area contributed by atoms with Crippen LogP contribution >= 0.6 is 23.1 Å². The first-order valence-electron chi connectivity index (χ1n) is 7.63. The van der Waals surface area contributed by atoms with E-state index in [0.29, 0.717) is 10.8 Å². The van der Waals surface area contributed by atoms with Crippen LogP contribution in [-0.4, -0.2) is 42.3 Å². The predicted octanol–water partition coefficient (Wildman–Crippen LogP) is 2.44. The minimum absolute atomic E-state index is 0.0357. The molecule has 1 amide bonds. The number of nitrogens with one attached hydrogen (secondary N) is 1. The quantitative estimate of drug-likeness (QED) is 0.543. The summed E-state index contributed by atoms with van der Waals surface area (Å²) in [7, 11) is 1.29. The highest BCUT2D eigenvalue weighted by Crippen LogP contribution is 2.21. The van der Waals surface area contributed by atoms with E-state index in [1.54, 1.807) is 5.38 Å². The molecular formula is C17H18N2O5S2. The minimum atomic E-state index is -0.488. The van der Waals surface area contributed by atoms with Crippen LogP contribution < -0.4 is 5.32 Å². The number of carbonyl (C=O) groups is 3. The van der Waals surface area contributed by atoms with Gasteiger partial charge in [-0.2, -0.15) is 0 Å². The lowest BCUT2D eigenvalue weighted by molar-refractivity contribution is -0.144. The van der Waals surface area contributed by atoms with E-state index in [9.17, 15) is 14.4 Å². The number of thioether (sulfide) groups is 1. The monoisotopic (exact) mass is 394 g/mol. The molecule has 2 aromatic rings. The number of aryl methyl sites for hydroxylation is 1. The van der Waals surface area contributed by atoms with Crippen molar-refractivity contribution in [3.63, 3.8) is 0 Å². The van der Waals surface area contributed by atoms with E-state index in [2.05, 4.69) is 15.0 Å². The van der Waals surface area contributed by atoms with Gasteiger partial charge in [-0.1, -0.05) is 18.2 Å². The Labute approximate surface area is 159 Å². The van der Waals surface area contributed by atoms with Crippen LogP contribution in [0.5, 0.6) is 0 Å². The van der Waals surface area contributed by atoms with Gasteiger partial charge in [0.1, 0.15) is 0 Å². The maximum atomic E-state index is 11.8. The highest BCUT2D eigenvalue weighted by molar-refractivity contribution is 8.00. The molecule has 138 valence electrons. The van der Waals surface area contributed by atoms with E-state index in [1.807, 2.05) is 31.2 Å². The molecule has 0 fully saturated rings. The van der Waals surface area contributed by atoms with Crippen LogP contribution in [0.15, 0.2) is 34.5 Å². The van der Waals surface area contributed by atoms with E-state index in [1.165, 1.54) is 30.2 Å². The van der Waals surface area contributed by atoms with Crippen LogP contribution in [0.4, 0.5) is 5.13 Å². The average molecular weight is 394 g/mol. The summed E-state index contributed by atoms with van der Waals surface area (Å²) in [5, 5.41) is 4.51. The molecule has 0 aliphatic rings. The highest BCUT2D eigenvalue weighted by Gasteiger charge is 2.12. The number of thiazole rings is 1. The van der Waals surface area contributed by atoms with Crippen molar-refractivity contribution in [3.8, 4) is 0 Å². The van der Waals surface area contributed by atoms with Gasteiger partial charge in [-0.3, -0.25) is 19.7 Å². The summed E-state index contributed by atoms with van der Waals surface area (Å²) in [6, 6.07) is 7.71. The summed E-state index contributed by atoms with van der Waals surface area (Å²) >= 11 is 2.54. The molecule has 0 saturated carbocycles. The molecule has 0 aliphatic carbocycles. The molecule has 0 bridgehead atoms. The fourth-order valence-electron chi connectivity index (χ4n) is 1.86. The van der Waals surface area contributed by atoms with Crippen molar-refractivity contribution in [3.05, 3.63) is 40.9 Å². The fraction of sp³-hybridized carbons (Fsp3) is 0.294. The molecule has 1 N–H and O–H groups in total. The second kappa shape index (κ2) is 9.93. The molecule has 26 heavy (non-hydrogen) atoms. The van der Waals surface area contributed by atoms with Gasteiger partial charge in [-0.15, -0.1) is 23.1 Å². The molecule has 1 heterocycles. The van der Waals surface area contributed by atoms with Gasteiger partial charge >= 0.3 is 11.9 Å². The maximum Gasteiger partial charge on any atom is 0.316 e. The number of hydrogen-bond donors (Lipinski definition) is 1. The summed E-state index contributed by atoms with van der Waals surface area (Å²) in [6.07, 6.45) is 0.0357. The van der Waals surface area contributed by atoms with Gasteiger partial charge in [0.05, 0.1) is 25.0 Å². The normalized spacial score (nSPS) is 10.2. The van der Waals surface area contributed by atoms with Crippen molar-refractivity contribution in [1.29, 1.82) is 0 Å². The Hall–Kier alpha value is -2.39. The predicted molar refractivity (Wildman–Crippen MR) is 99.3 cm³/mol. The van der Waals surface area contributed by atoms with E-state index in [0.717, 1.165) is 10.5 Å². The summed E-state index contributed by atoms with van der Waals surface area (Å²) in [5.74, 6) is -1.25. The van der Waals surface area contributed by atoms with Gasteiger partial charge in [-0.05, 0) is 18.6 Å². The Kier molecular flexibility index (Phi) is 7.61. The van der Waals surface area contributed by atoms with Crippen molar-refractivity contribution in [2.24, 2.45) is 0 Å². The molecule has 0 radical (unpaired) electrons. The van der Waals surface area contributed by atoms with Crippen LogP contribution in [0.3, 0.4) is 0 Å². The Morgan fingerprint density at radius 3 is 2.73 bits per heavy atom. The Morgan fingerprint density at radius 2 is 2.00 bits per heavy atom. The molecule has 1 aromatic carbocycles. The molecular weight excluding hydrogens is 376 g/mol. The Balaban J connectivity index is 1.72. The Morgan fingerprint density at radius 1 is 1.23 bits per heavy atom. The number of carbonyl (C=O) groups excluding carboxylic acids is 3. The van der Waals surface area contributed by atoms with Crippen LogP contribution in [0.25, 0.3) is 0 Å². The molecule has 0 unspecified atom stereocenters. The lowest BCUT2D eigenvalue weighted by atomic mass is 10.2. The lowest BCUT2D eigenvalue weighted by Gasteiger charge is -2.06. The SMILES string of the molecule is COC(=O)Cc1csc(NC(=O)COC(=O)CSc2ccccc2C)n1. The molecule has 0 aliphatic heterocycles. The van der Waals surface area contributed by atoms with E-state index < -0.39 is 17.8 Å². The molecule has 7 nitrogen and oxygen atoms in total. The molecule has 2 rings (SSSR count). The first-order valence-corrected chi connectivity index (χ1v) is 9.49. The van der Waals surface area contributed by atoms with Crippen LogP contribution in [-0.2, 0) is 30.3 Å². The zero-order valence-electron chi connectivity index (χ0n) is 14.3. The maximum absolute atomic E-state index is 11.8. The van der Waals surface area contributed by atoms with Crippen molar-refractivity contribution in [1.82, 2.24) is 4.98 Å². The number of amides is 1. The van der Waals surface area contributed by atoms with Gasteiger partial charge in [-0.25, -0.2) is 4.98 Å². The largest absolute Gasteiger partial charge is 0.469 e. The van der Waals surface area contributed by atoms with Gasteiger partial charge in [0.2, 0.25) is 0 Å². The molecule has 9 heteroatoms. The summed E-state index contributed by atoms with van der Waals surface area (Å²) in [4.78, 5) is 39.8. The fourth-order valence-corrected chi connectivity index (χ4v) is 3.42. The van der Waals surface area contributed by atoms with E-state index in [4.69, 9.17) is 4.74 Å². The van der Waals surface area contributed by atoms with Gasteiger partial charge in [0.15, 0.2) is 11.7 Å². The number of benzene rings is 1. The van der Waals surface area contributed by atoms with E-state index >= 15 is 0 Å². The molecule has 0 spiro atoms. The molecule has 0 atom stereocenters. The zero-order valence-corrected chi connectivity index (χ0v) is 15.9. The van der Waals surface area contributed by atoms with Crippen molar-refractivity contribution in [2.45, 2.75) is 18.2 Å². The van der Waals surface area contributed by atoms with E-state index in [-0.39, 0.29) is 18.8 Å². The summed E-state index contributed by atoms with van der Waals surface area (Å²) in [6.45, 7) is 1.57. The number of ether oxygens (including phenoxy) is 2. The summed E-state index contributed by atoms with van der Waals surface area (Å²) in [5.41, 5.74) is 1.58.